The van der Waals surface area contributed by atoms with Gasteiger partial charge in [0.2, 0.25) is 11.2 Å². The van der Waals surface area contributed by atoms with Crippen molar-refractivity contribution in [3.05, 3.63) is 104 Å². The van der Waals surface area contributed by atoms with Crippen LogP contribution in [0.15, 0.2) is 85.4 Å². The van der Waals surface area contributed by atoms with Crippen LogP contribution in [0.1, 0.15) is 30.5 Å². The predicted molar refractivity (Wildman–Crippen MR) is 149 cm³/mol. The van der Waals surface area contributed by atoms with Crippen molar-refractivity contribution in [2.24, 2.45) is 0 Å². The van der Waals surface area contributed by atoms with Gasteiger partial charge in [-0.15, -0.1) is 0 Å². The smallest absolute Gasteiger partial charge is 0.336 e. The maximum Gasteiger partial charge on any atom is 0.336 e. The second kappa shape index (κ2) is 10.9. The van der Waals surface area contributed by atoms with Crippen LogP contribution in [-0.2, 0) is 17.6 Å². The first kappa shape index (κ1) is 25.8. The molecule has 0 fully saturated rings. The summed E-state index contributed by atoms with van der Waals surface area (Å²) in [6, 6.07) is 17.1. The van der Waals surface area contributed by atoms with Gasteiger partial charge in [-0.25, -0.2) is 4.79 Å². The van der Waals surface area contributed by atoms with Crippen molar-refractivity contribution in [1.82, 2.24) is 0 Å². The van der Waals surface area contributed by atoms with Gasteiger partial charge in [0.1, 0.15) is 28.9 Å². The monoisotopic (exact) mass is 525 g/mol. The molecule has 2 aromatic heterocycles. The van der Waals surface area contributed by atoms with E-state index in [-0.39, 0.29) is 34.7 Å². The third-order valence-corrected chi connectivity index (χ3v) is 6.50. The van der Waals surface area contributed by atoms with Crippen molar-refractivity contribution in [3.63, 3.8) is 0 Å². The fraction of sp³-hybridized carbons (Fsp3) is 0.194. The van der Waals surface area contributed by atoms with E-state index in [2.05, 4.69) is 5.32 Å². The first-order valence-corrected chi connectivity index (χ1v) is 12.7. The fourth-order valence-corrected chi connectivity index (χ4v) is 4.47. The molecular formula is C31H27NO7. The van der Waals surface area contributed by atoms with E-state index < -0.39 is 5.63 Å². The van der Waals surface area contributed by atoms with Crippen LogP contribution in [0.5, 0.6) is 17.2 Å². The van der Waals surface area contributed by atoms with Crippen LogP contribution in [-0.4, -0.2) is 12.5 Å². The van der Waals surface area contributed by atoms with Crippen molar-refractivity contribution in [2.75, 3.05) is 11.9 Å². The summed E-state index contributed by atoms with van der Waals surface area (Å²) in [5, 5.41) is 4.03. The van der Waals surface area contributed by atoms with Crippen LogP contribution in [0.2, 0.25) is 0 Å². The molecule has 5 aromatic rings. The highest BCUT2D eigenvalue weighted by Crippen LogP contribution is 2.28. The van der Waals surface area contributed by atoms with Gasteiger partial charge >= 0.3 is 5.63 Å². The topological polar surface area (TPSA) is 108 Å². The highest BCUT2D eigenvalue weighted by atomic mass is 16.5. The minimum atomic E-state index is -0.464. The summed E-state index contributed by atoms with van der Waals surface area (Å²) in [6.07, 6.45) is 2.82. The Morgan fingerprint density at radius 1 is 0.872 bits per heavy atom. The lowest BCUT2D eigenvalue weighted by Crippen LogP contribution is -2.21. The lowest BCUT2D eigenvalue weighted by Gasteiger charge is -2.14. The second-order valence-electron chi connectivity index (χ2n) is 9.09. The molecule has 0 saturated carbocycles. The van der Waals surface area contributed by atoms with E-state index in [0.29, 0.717) is 17.1 Å². The zero-order chi connectivity index (χ0) is 27.5. The highest BCUT2D eigenvalue weighted by molar-refractivity contribution is 5.93. The van der Waals surface area contributed by atoms with Crippen LogP contribution in [0.4, 0.5) is 5.69 Å². The molecular weight excluding hydrogens is 498 g/mol. The molecule has 5 rings (SSSR count). The average molecular weight is 526 g/mol. The second-order valence-corrected chi connectivity index (χ2v) is 9.09. The van der Waals surface area contributed by atoms with Gasteiger partial charge in [-0.3, -0.25) is 9.59 Å². The number of anilines is 1. The summed E-state index contributed by atoms with van der Waals surface area (Å²) in [5.41, 5.74) is 3.55. The van der Waals surface area contributed by atoms with Crippen LogP contribution in [0.3, 0.4) is 0 Å². The molecule has 1 N–H and O–H groups in total. The summed E-state index contributed by atoms with van der Waals surface area (Å²) < 4.78 is 22.3. The first-order chi connectivity index (χ1) is 18.9. The Morgan fingerprint density at radius 2 is 1.56 bits per heavy atom. The summed E-state index contributed by atoms with van der Waals surface area (Å²) in [5.74, 6) is 0.405. The van der Waals surface area contributed by atoms with Gasteiger partial charge in [0.15, 0.2) is 6.61 Å². The number of benzene rings is 3. The maximum atomic E-state index is 13.0. The Kier molecular flexibility index (Phi) is 7.19. The number of carbonyl (C=O) groups excluding carboxylic acids is 1. The third kappa shape index (κ3) is 5.40. The lowest BCUT2D eigenvalue weighted by molar-refractivity contribution is -0.118. The Hall–Kier alpha value is -4.85. The third-order valence-electron chi connectivity index (χ3n) is 6.50. The van der Waals surface area contributed by atoms with E-state index in [9.17, 15) is 14.4 Å². The van der Waals surface area contributed by atoms with Gasteiger partial charge in [-0.2, -0.15) is 0 Å². The van der Waals surface area contributed by atoms with Crippen molar-refractivity contribution in [1.29, 1.82) is 0 Å². The zero-order valence-electron chi connectivity index (χ0n) is 21.8. The van der Waals surface area contributed by atoms with E-state index in [4.69, 9.17) is 18.3 Å². The van der Waals surface area contributed by atoms with Crippen LogP contribution >= 0.6 is 0 Å². The molecule has 198 valence electrons. The lowest BCUT2D eigenvalue weighted by atomic mass is 10.0. The van der Waals surface area contributed by atoms with Gasteiger partial charge in [0.05, 0.1) is 5.39 Å². The molecule has 8 heteroatoms. The predicted octanol–water partition coefficient (Wildman–Crippen LogP) is 6.14. The zero-order valence-corrected chi connectivity index (χ0v) is 21.8. The van der Waals surface area contributed by atoms with Crippen molar-refractivity contribution < 1.29 is 23.1 Å². The molecule has 3 aromatic carbocycles. The summed E-state index contributed by atoms with van der Waals surface area (Å²) in [6.45, 7) is 5.70. The normalized spacial score (nSPS) is 11.1. The minimum absolute atomic E-state index is 0.0220. The van der Waals surface area contributed by atoms with Crippen LogP contribution in [0.25, 0.3) is 21.9 Å². The van der Waals surface area contributed by atoms with Gasteiger partial charge in [-0.1, -0.05) is 32.0 Å². The first-order valence-electron chi connectivity index (χ1n) is 12.7. The molecule has 39 heavy (non-hydrogen) atoms. The molecule has 0 aliphatic carbocycles. The average Bonchev–Trinajstić information content (AvgIpc) is 2.93. The van der Waals surface area contributed by atoms with E-state index in [1.54, 1.807) is 36.4 Å². The molecule has 0 radical (unpaired) electrons. The molecule has 0 unspecified atom stereocenters. The molecule has 0 atom stereocenters. The van der Waals surface area contributed by atoms with Gasteiger partial charge in [-0.05, 0) is 60.7 Å². The van der Waals surface area contributed by atoms with Crippen molar-refractivity contribution in [3.8, 4) is 17.2 Å². The molecule has 1 amide bonds. The number of rotatable bonds is 8. The number of carbonyl (C=O) groups is 1. The van der Waals surface area contributed by atoms with E-state index >= 15 is 0 Å². The molecule has 8 nitrogen and oxygen atoms in total. The summed E-state index contributed by atoms with van der Waals surface area (Å²) in [4.78, 5) is 37.4. The minimum Gasteiger partial charge on any atom is -0.484 e. The van der Waals surface area contributed by atoms with Crippen molar-refractivity contribution >= 4 is 33.5 Å². The van der Waals surface area contributed by atoms with Crippen LogP contribution < -0.4 is 25.8 Å². The molecule has 2 heterocycles. The molecule has 0 aliphatic rings. The van der Waals surface area contributed by atoms with Gasteiger partial charge in [0, 0.05) is 29.3 Å². The highest BCUT2D eigenvalue weighted by Gasteiger charge is 2.14. The van der Waals surface area contributed by atoms with Gasteiger partial charge < -0.3 is 23.6 Å². The fourth-order valence-electron chi connectivity index (χ4n) is 4.47. The maximum absolute atomic E-state index is 13.0. The number of hydrogen-bond acceptors (Lipinski definition) is 7. The van der Waals surface area contributed by atoms with E-state index in [1.807, 2.05) is 39.0 Å². The summed E-state index contributed by atoms with van der Waals surface area (Å²) in [7, 11) is 0. The number of aryl methyl sites for hydroxylation is 3. The van der Waals surface area contributed by atoms with Gasteiger partial charge in [0.25, 0.3) is 5.91 Å². The van der Waals surface area contributed by atoms with E-state index in [0.717, 1.165) is 40.6 Å². The quantitative estimate of drug-likeness (QED) is 0.242. The Morgan fingerprint density at radius 3 is 2.31 bits per heavy atom. The van der Waals surface area contributed by atoms with Crippen LogP contribution in [0, 0.1) is 6.92 Å². The molecule has 0 aliphatic heterocycles. The Bertz CT molecular complexity index is 1790. The molecule has 0 bridgehead atoms. The number of ether oxygens (including phenoxy) is 2. The number of para-hydroxylation sites is 1. The Labute approximate surface area is 223 Å². The standard InChI is InChI=1S/C31H27NO7/c1-4-19-7-6-8-20(5-2)30(19)32-28(33)17-36-21-9-12-24-25(14-21)37-16-27(31(24)35)38-22-10-11-23-18(3)13-29(34)39-26(23)15-22/h6-16H,4-5,17H2,1-3H3,(H,32,33). The number of nitrogens with one attached hydrogen (secondary N) is 1. The van der Waals surface area contributed by atoms with Crippen molar-refractivity contribution in [2.45, 2.75) is 33.6 Å². The number of hydrogen-bond donors (Lipinski definition) is 1. The largest absolute Gasteiger partial charge is 0.484 e. The van der Waals surface area contributed by atoms with E-state index in [1.165, 1.54) is 12.3 Å². The Balaban J connectivity index is 1.31. The number of amides is 1. The number of fused-ring (bicyclic) bond motifs is 2. The molecule has 0 saturated heterocycles. The molecule has 0 spiro atoms. The summed E-state index contributed by atoms with van der Waals surface area (Å²) >= 11 is 0. The SMILES string of the molecule is CCc1cccc(CC)c1NC(=O)COc1ccc2c(=O)c(Oc3ccc4c(C)cc(=O)oc4c3)coc2c1.